The highest BCUT2D eigenvalue weighted by Crippen LogP contribution is 2.23. The number of halogens is 2. The molecule has 0 unspecified atom stereocenters. The van der Waals surface area contributed by atoms with E-state index in [1.807, 2.05) is 0 Å². The van der Waals surface area contributed by atoms with Crippen molar-refractivity contribution in [3.8, 4) is 0 Å². The van der Waals surface area contributed by atoms with Gasteiger partial charge in [0.15, 0.2) is 0 Å². The molecule has 0 saturated carbocycles. The summed E-state index contributed by atoms with van der Waals surface area (Å²) in [5, 5.41) is 9.51. The molecular weight excluding hydrogens is 188 g/mol. The van der Waals surface area contributed by atoms with Crippen molar-refractivity contribution in [1.29, 1.82) is 0 Å². The normalized spacial score (nSPS) is 15.3. The molecule has 0 bridgehead atoms. The molecule has 14 heavy (non-hydrogen) atoms. The van der Waals surface area contributed by atoms with E-state index in [1.54, 1.807) is 6.92 Å². The lowest BCUT2D eigenvalue weighted by molar-refractivity contribution is 0.148. The van der Waals surface area contributed by atoms with Gasteiger partial charge in [0.1, 0.15) is 11.6 Å². The summed E-state index contributed by atoms with van der Waals surface area (Å²) in [6.45, 7) is 2.88. The molecule has 0 aliphatic carbocycles. The van der Waals surface area contributed by atoms with E-state index in [4.69, 9.17) is 5.73 Å². The first kappa shape index (κ1) is 11.1. The summed E-state index contributed by atoms with van der Waals surface area (Å²) in [5.74, 6) is -1.35. The lowest BCUT2D eigenvalue weighted by Gasteiger charge is -2.16. The van der Waals surface area contributed by atoms with Gasteiger partial charge in [-0.1, -0.05) is 6.07 Å². The maximum Gasteiger partial charge on any atom is 0.134 e. The van der Waals surface area contributed by atoms with Gasteiger partial charge in [-0.15, -0.1) is 0 Å². The van der Waals surface area contributed by atoms with Gasteiger partial charge in [0.25, 0.3) is 0 Å². The monoisotopic (exact) mass is 201 g/mol. The summed E-state index contributed by atoms with van der Waals surface area (Å²) in [6.07, 6.45) is -1.10. The van der Waals surface area contributed by atoms with Crippen LogP contribution in [0.3, 0.4) is 0 Å². The average molecular weight is 201 g/mol. The van der Waals surface area contributed by atoms with Crippen molar-refractivity contribution in [2.24, 2.45) is 5.73 Å². The van der Waals surface area contributed by atoms with E-state index in [0.29, 0.717) is 0 Å². The fourth-order valence-corrected chi connectivity index (χ4v) is 1.19. The van der Waals surface area contributed by atoms with Gasteiger partial charge in [0, 0.05) is 17.2 Å². The number of aliphatic hydroxyl groups excluding tert-OH is 1. The van der Waals surface area contributed by atoms with E-state index in [2.05, 4.69) is 0 Å². The first-order valence-electron chi connectivity index (χ1n) is 4.33. The first-order chi connectivity index (χ1) is 6.45. The number of nitrogens with two attached hydrogens (primary N) is 1. The number of benzene rings is 1. The number of rotatable bonds is 2. The van der Waals surface area contributed by atoms with Crippen molar-refractivity contribution in [3.05, 3.63) is 34.9 Å². The molecule has 0 aromatic heterocycles. The zero-order valence-corrected chi connectivity index (χ0v) is 8.09. The van der Waals surface area contributed by atoms with Gasteiger partial charge in [-0.2, -0.15) is 0 Å². The Morgan fingerprint density at radius 3 is 2.43 bits per heavy atom. The molecule has 4 heteroatoms. The van der Waals surface area contributed by atoms with Crippen LogP contribution in [0.15, 0.2) is 12.1 Å². The minimum atomic E-state index is -1.10. The van der Waals surface area contributed by atoms with E-state index in [-0.39, 0.29) is 11.1 Å². The molecule has 0 aliphatic heterocycles. The Kier molecular flexibility index (Phi) is 3.18. The molecule has 3 N–H and O–H groups in total. The van der Waals surface area contributed by atoms with Crippen LogP contribution in [0.5, 0.6) is 0 Å². The summed E-state index contributed by atoms with van der Waals surface area (Å²) >= 11 is 0. The molecule has 78 valence electrons. The maximum atomic E-state index is 13.4. The van der Waals surface area contributed by atoms with Gasteiger partial charge in [0.2, 0.25) is 0 Å². The van der Waals surface area contributed by atoms with Crippen molar-refractivity contribution < 1.29 is 13.9 Å². The third-order valence-corrected chi connectivity index (χ3v) is 2.17. The van der Waals surface area contributed by atoms with Gasteiger partial charge in [-0.3, -0.25) is 0 Å². The third kappa shape index (κ3) is 1.91. The summed E-state index contributed by atoms with van der Waals surface area (Å²) in [4.78, 5) is 0. The Bertz CT molecular complexity index is 339. The van der Waals surface area contributed by atoms with E-state index in [9.17, 15) is 13.9 Å². The molecule has 0 aliphatic rings. The van der Waals surface area contributed by atoms with Crippen LogP contribution in [0.1, 0.15) is 24.2 Å². The second kappa shape index (κ2) is 4.02. The van der Waals surface area contributed by atoms with Crippen LogP contribution < -0.4 is 5.73 Å². The fraction of sp³-hybridized carbons (Fsp3) is 0.400. The van der Waals surface area contributed by atoms with E-state index in [0.717, 1.165) is 6.07 Å². The van der Waals surface area contributed by atoms with Crippen molar-refractivity contribution in [3.63, 3.8) is 0 Å². The molecular formula is C10H13F2NO. The molecule has 1 aromatic carbocycles. The minimum Gasteiger partial charge on any atom is -0.387 e. The van der Waals surface area contributed by atoms with E-state index >= 15 is 0 Å². The smallest absolute Gasteiger partial charge is 0.134 e. The molecule has 0 heterocycles. The summed E-state index contributed by atoms with van der Waals surface area (Å²) in [6, 6.07) is 1.75. The second-order valence-corrected chi connectivity index (χ2v) is 3.38. The fourth-order valence-electron chi connectivity index (χ4n) is 1.19. The van der Waals surface area contributed by atoms with Gasteiger partial charge in [-0.25, -0.2) is 8.78 Å². The lowest BCUT2D eigenvalue weighted by atomic mass is 10.0. The Balaban J connectivity index is 3.17. The Labute approximate surface area is 81.4 Å². The van der Waals surface area contributed by atoms with Gasteiger partial charge in [0.05, 0.1) is 6.10 Å². The highest BCUT2D eigenvalue weighted by molar-refractivity contribution is 5.28. The molecule has 0 radical (unpaired) electrons. The maximum absolute atomic E-state index is 13.4. The van der Waals surface area contributed by atoms with Crippen molar-refractivity contribution in [2.75, 3.05) is 0 Å². The number of aliphatic hydroxyl groups is 1. The van der Waals surface area contributed by atoms with Crippen LogP contribution >= 0.6 is 0 Å². The molecule has 0 amide bonds. The largest absolute Gasteiger partial charge is 0.387 e. The molecule has 0 fully saturated rings. The molecule has 1 rings (SSSR count). The van der Waals surface area contributed by atoms with E-state index < -0.39 is 23.8 Å². The standard InChI is InChI=1S/C10H13F2NO/c1-5-8(11)4-3-7(9(5)12)10(14)6(2)13/h3-4,6,10,14H,13H2,1-2H3/t6-,10-/m1/s1. The molecule has 1 aromatic rings. The van der Waals surface area contributed by atoms with Crippen molar-refractivity contribution in [1.82, 2.24) is 0 Å². The van der Waals surface area contributed by atoms with Gasteiger partial charge in [-0.05, 0) is 19.9 Å². The molecule has 2 nitrogen and oxygen atoms in total. The number of hydrogen-bond acceptors (Lipinski definition) is 2. The quantitative estimate of drug-likeness (QED) is 0.764. The van der Waals surface area contributed by atoms with Crippen LogP contribution in [-0.4, -0.2) is 11.1 Å². The van der Waals surface area contributed by atoms with Crippen LogP contribution in [0.25, 0.3) is 0 Å². The second-order valence-electron chi connectivity index (χ2n) is 3.38. The predicted molar refractivity (Wildman–Crippen MR) is 49.7 cm³/mol. The van der Waals surface area contributed by atoms with Gasteiger partial charge >= 0.3 is 0 Å². The zero-order chi connectivity index (χ0) is 10.9. The molecule has 0 saturated heterocycles. The van der Waals surface area contributed by atoms with Crippen LogP contribution in [0.2, 0.25) is 0 Å². The lowest BCUT2D eigenvalue weighted by Crippen LogP contribution is -2.25. The predicted octanol–water partition coefficient (Wildman–Crippen LogP) is 1.65. The Morgan fingerprint density at radius 2 is 1.93 bits per heavy atom. The summed E-state index contributed by atoms with van der Waals surface area (Å²) < 4.78 is 26.3. The van der Waals surface area contributed by atoms with Crippen molar-refractivity contribution >= 4 is 0 Å². The SMILES string of the molecule is Cc1c(F)ccc([C@H](O)[C@@H](C)N)c1F. The summed E-state index contributed by atoms with van der Waals surface area (Å²) in [7, 11) is 0. The highest BCUT2D eigenvalue weighted by Gasteiger charge is 2.19. The summed E-state index contributed by atoms with van der Waals surface area (Å²) in [5.41, 5.74) is 5.36. The van der Waals surface area contributed by atoms with Crippen LogP contribution in [-0.2, 0) is 0 Å². The van der Waals surface area contributed by atoms with E-state index in [1.165, 1.54) is 13.0 Å². The number of hydrogen-bond donors (Lipinski definition) is 2. The zero-order valence-electron chi connectivity index (χ0n) is 8.09. The molecule has 2 atom stereocenters. The third-order valence-electron chi connectivity index (χ3n) is 2.17. The van der Waals surface area contributed by atoms with Gasteiger partial charge < -0.3 is 10.8 Å². The highest BCUT2D eigenvalue weighted by atomic mass is 19.1. The minimum absolute atomic E-state index is 0.0406. The average Bonchev–Trinajstić information content (AvgIpc) is 2.13. The molecule has 0 spiro atoms. The topological polar surface area (TPSA) is 46.2 Å². The van der Waals surface area contributed by atoms with Crippen LogP contribution in [0, 0.1) is 18.6 Å². The Hall–Kier alpha value is -1.00. The Morgan fingerprint density at radius 1 is 1.36 bits per heavy atom. The van der Waals surface area contributed by atoms with Crippen LogP contribution in [0.4, 0.5) is 8.78 Å². The van der Waals surface area contributed by atoms with Crippen molar-refractivity contribution in [2.45, 2.75) is 26.0 Å². The first-order valence-corrected chi connectivity index (χ1v) is 4.33.